The van der Waals surface area contributed by atoms with Gasteiger partial charge in [0, 0.05) is 39.1 Å². The molecule has 0 aromatic rings. The lowest BCUT2D eigenvalue weighted by Gasteiger charge is -2.27. The van der Waals surface area contributed by atoms with Crippen molar-refractivity contribution in [1.82, 2.24) is 15.5 Å². The predicted molar refractivity (Wildman–Crippen MR) is 309 cm³/mol. The first kappa shape index (κ1) is 70.9. The Labute approximate surface area is 443 Å². The highest BCUT2D eigenvalue weighted by molar-refractivity contribution is 5.98. The van der Waals surface area contributed by atoms with Gasteiger partial charge in [0.1, 0.15) is 18.3 Å². The number of unbranched alkanes of at least 4 members (excludes halogenated alkanes) is 24. The van der Waals surface area contributed by atoms with Crippen molar-refractivity contribution in [2.24, 2.45) is 5.92 Å². The SMILES string of the molecule is CC.CCCCCCCCC(CC)OC(CCCCCCCN(CCCCCCCC=O)CCCN/C(C(=O)NC)=C(/C=O)C(C)CC)=C1CCC1.CCCCCCCCC(CCCCCCCC)OC. The second-order valence-corrected chi connectivity index (χ2v) is 20.8. The zero-order valence-corrected chi connectivity index (χ0v) is 49.3. The molecule has 1 saturated carbocycles. The largest absolute Gasteiger partial charge is 0.495 e. The number of nitrogens with one attached hydrogen (secondary N) is 2. The number of aldehydes is 2. The molecule has 2 unspecified atom stereocenters. The van der Waals surface area contributed by atoms with Crippen molar-refractivity contribution < 1.29 is 23.9 Å². The molecule has 0 aliphatic heterocycles. The number of rotatable bonds is 50. The van der Waals surface area contributed by atoms with Crippen molar-refractivity contribution in [1.29, 1.82) is 0 Å². The second-order valence-electron chi connectivity index (χ2n) is 20.8. The molecule has 1 rings (SSSR count). The summed E-state index contributed by atoms with van der Waals surface area (Å²) in [5, 5.41) is 6.00. The Morgan fingerprint density at radius 2 is 1.04 bits per heavy atom. The molecular formula is C63H123N3O5. The van der Waals surface area contributed by atoms with Crippen LogP contribution in [0.2, 0.25) is 0 Å². The topological polar surface area (TPSA) is 97.0 Å². The first-order chi connectivity index (χ1) is 34.8. The first-order valence-electron chi connectivity index (χ1n) is 31.0. The molecule has 1 aliphatic carbocycles. The van der Waals surface area contributed by atoms with Crippen LogP contribution in [0.4, 0.5) is 0 Å². The van der Waals surface area contributed by atoms with E-state index in [1.54, 1.807) is 12.6 Å². The second kappa shape index (κ2) is 55.6. The van der Waals surface area contributed by atoms with E-state index in [-0.39, 0.29) is 11.8 Å². The summed E-state index contributed by atoms with van der Waals surface area (Å²) in [4.78, 5) is 37.6. The third-order valence-corrected chi connectivity index (χ3v) is 14.7. The van der Waals surface area contributed by atoms with Crippen LogP contribution < -0.4 is 10.6 Å². The van der Waals surface area contributed by atoms with Gasteiger partial charge in [-0.05, 0) is 121 Å². The Morgan fingerprint density at radius 3 is 1.46 bits per heavy atom. The monoisotopic (exact) mass is 1000 g/mol. The Morgan fingerprint density at radius 1 is 0.592 bits per heavy atom. The van der Waals surface area contributed by atoms with E-state index in [0.29, 0.717) is 36.4 Å². The van der Waals surface area contributed by atoms with Crippen molar-refractivity contribution in [2.75, 3.05) is 40.3 Å². The molecule has 8 nitrogen and oxygen atoms in total. The van der Waals surface area contributed by atoms with E-state index in [4.69, 9.17) is 9.47 Å². The quantitative estimate of drug-likeness (QED) is 0.0271. The minimum atomic E-state index is -0.222. The zero-order chi connectivity index (χ0) is 52.8. The number of hydrogen-bond acceptors (Lipinski definition) is 7. The van der Waals surface area contributed by atoms with Crippen LogP contribution in [0.15, 0.2) is 22.6 Å². The molecule has 0 bridgehead atoms. The van der Waals surface area contributed by atoms with Crippen molar-refractivity contribution in [3.05, 3.63) is 22.6 Å². The standard InChI is InChI=1S/C43H79N3O4.C18H38O.C2H6/c1-6-9-10-11-15-20-29-39(8-3)50-41(38-27-25-28-38)30-21-16-14-18-23-33-46(32-22-17-12-13-19-24-35-47)34-26-31-45-42(43(49)44-5)40(36-48)37(4)7-2;1-4-6-8-10-12-14-16-18(19-3)17-15-13-11-9-7-5-2;1-2/h35-37,39,45H,6-34H2,1-5H3,(H,44,49);18H,4-17H2,1-3H3;1-2H3/b42-40-;;. The van der Waals surface area contributed by atoms with E-state index in [1.807, 2.05) is 34.8 Å². The molecule has 8 heteroatoms. The van der Waals surface area contributed by atoms with Gasteiger partial charge in [0.2, 0.25) is 0 Å². The summed E-state index contributed by atoms with van der Waals surface area (Å²) in [5.74, 6) is 1.16. The molecule has 1 amide bonds. The Bertz CT molecular complexity index is 1210. The van der Waals surface area contributed by atoms with Crippen LogP contribution in [0.5, 0.6) is 0 Å². The van der Waals surface area contributed by atoms with Crippen LogP contribution in [-0.4, -0.2) is 75.9 Å². The average Bonchev–Trinajstić information content (AvgIpc) is 3.38. The van der Waals surface area contributed by atoms with Gasteiger partial charge in [-0.1, -0.05) is 203 Å². The zero-order valence-electron chi connectivity index (χ0n) is 49.3. The fourth-order valence-electron chi connectivity index (χ4n) is 9.51. The highest BCUT2D eigenvalue weighted by atomic mass is 16.5. The van der Waals surface area contributed by atoms with Crippen molar-refractivity contribution in [2.45, 2.75) is 318 Å². The maximum Gasteiger partial charge on any atom is 0.267 e. The van der Waals surface area contributed by atoms with E-state index in [1.165, 1.54) is 211 Å². The average molecular weight is 1000 g/mol. The van der Waals surface area contributed by atoms with Gasteiger partial charge >= 0.3 is 0 Å². The van der Waals surface area contributed by atoms with E-state index < -0.39 is 0 Å². The van der Waals surface area contributed by atoms with Gasteiger partial charge in [-0.2, -0.15) is 0 Å². The Hall–Kier alpha value is -2.19. The molecule has 0 heterocycles. The normalized spacial score (nSPS) is 13.3. The number of methoxy groups -OCH3 is 1. The van der Waals surface area contributed by atoms with Gasteiger partial charge in [-0.3, -0.25) is 9.59 Å². The lowest BCUT2D eigenvalue weighted by atomic mass is 9.89. The summed E-state index contributed by atoms with van der Waals surface area (Å²) < 4.78 is 12.3. The molecule has 420 valence electrons. The highest BCUT2D eigenvalue weighted by Crippen LogP contribution is 2.33. The number of ether oxygens (including phenoxy) is 2. The molecule has 2 atom stereocenters. The lowest BCUT2D eigenvalue weighted by Crippen LogP contribution is -2.34. The molecule has 0 spiro atoms. The van der Waals surface area contributed by atoms with E-state index >= 15 is 0 Å². The molecule has 0 radical (unpaired) electrons. The number of hydrogen-bond donors (Lipinski definition) is 2. The van der Waals surface area contributed by atoms with Crippen LogP contribution in [0, 0.1) is 5.92 Å². The molecule has 1 aliphatic rings. The van der Waals surface area contributed by atoms with Gasteiger partial charge in [-0.15, -0.1) is 0 Å². The van der Waals surface area contributed by atoms with Gasteiger partial charge in [0.05, 0.1) is 18.0 Å². The molecule has 2 N–H and O–H groups in total. The summed E-state index contributed by atoms with van der Waals surface area (Å²) >= 11 is 0. The van der Waals surface area contributed by atoms with Crippen LogP contribution in [0.1, 0.15) is 306 Å². The molecule has 1 fully saturated rings. The molecule has 0 aromatic heterocycles. The van der Waals surface area contributed by atoms with E-state index in [0.717, 1.165) is 70.7 Å². The minimum Gasteiger partial charge on any atom is -0.495 e. The van der Waals surface area contributed by atoms with Gasteiger partial charge in [0.25, 0.3) is 5.91 Å². The van der Waals surface area contributed by atoms with Gasteiger partial charge in [0.15, 0.2) is 0 Å². The van der Waals surface area contributed by atoms with Crippen LogP contribution in [-0.2, 0) is 23.9 Å². The number of nitrogens with zero attached hydrogens (tertiary/aromatic N) is 1. The predicted octanol–water partition coefficient (Wildman–Crippen LogP) is 17.9. The molecular weight excluding hydrogens is 879 g/mol. The maximum absolute atomic E-state index is 12.6. The first-order valence-corrected chi connectivity index (χ1v) is 31.0. The van der Waals surface area contributed by atoms with Gasteiger partial charge in [-0.25, -0.2) is 0 Å². The number of allylic oxidation sites excluding steroid dienone is 3. The summed E-state index contributed by atoms with van der Waals surface area (Å²) in [7, 11) is 3.50. The van der Waals surface area contributed by atoms with Gasteiger partial charge < -0.3 is 29.8 Å². The Kier molecular flexibility index (Phi) is 55.5. The van der Waals surface area contributed by atoms with Crippen molar-refractivity contribution in [3.63, 3.8) is 0 Å². The fraction of sp³-hybridized carbons (Fsp3) is 0.889. The lowest BCUT2D eigenvalue weighted by molar-refractivity contribution is -0.118. The molecule has 71 heavy (non-hydrogen) atoms. The van der Waals surface area contributed by atoms with Crippen LogP contribution >= 0.6 is 0 Å². The third-order valence-electron chi connectivity index (χ3n) is 14.7. The van der Waals surface area contributed by atoms with Crippen LogP contribution in [0.3, 0.4) is 0 Å². The number of carbonyl (C=O) groups is 3. The summed E-state index contributed by atoms with van der Waals surface area (Å²) in [5.41, 5.74) is 2.57. The molecule has 0 saturated heterocycles. The van der Waals surface area contributed by atoms with E-state index in [2.05, 4.69) is 43.2 Å². The highest BCUT2D eigenvalue weighted by Gasteiger charge is 2.20. The number of carbonyl (C=O) groups excluding carboxylic acids is 3. The maximum atomic E-state index is 12.6. The number of amides is 1. The summed E-state index contributed by atoms with van der Waals surface area (Å²) in [6, 6.07) is 0. The summed E-state index contributed by atoms with van der Waals surface area (Å²) in [6.45, 7) is 21.0. The molecule has 0 aromatic carbocycles. The van der Waals surface area contributed by atoms with Crippen molar-refractivity contribution in [3.8, 4) is 0 Å². The summed E-state index contributed by atoms with van der Waals surface area (Å²) in [6.07, 6.45) is 51.7. The Balaban J connectivity index is 0. The van der Waals surface area contributed by atoms with E-state index in [9.17, 15) is 14.4 Å². The fourth-order valence-corrected chi connectivity index (χ4v) is 9.51. The minimum absolute atomic E-state index is 0.0347. The third kappa shape index (κ3) is 41.8. The smallest absolute Gasteiger partial charge is 0.267 e. The van der Waals surface area contributed by atoms with Crippen molar-refractivity contribution >= 4 is 18.5 Å². The number of likely N-dealkylation sites (N-methyl/N-ethyl adjacent to an activating group) is 1. The van der Waals surface area contributed by atoms with Crippen LogP contribution in [0.25, 0.3) is 0 Å².